The summed E-state index contributed by atoms with van der Waals surface area (Å²) in [5.74, 6) is 2.00. The third-order valence-electron chi connectivity index (χ3n) is 5.49. The second-order valence-electron chi connectivity index (χ2n) is 7.77. The Morgan fingerprint density at radius 1 is 0.658 bits per heavy atom. The maximum atomic E-state index is 11.8. The average molecular weight is 521 g/mol. The molecule has 0 saturated heterocycles. The molecule has 3 aromatic rings. The summed E-state index contributed by atoms with van der Waals surface area (Å²) in [7, 11) is 3.04. The van der Waals surface area contributed by atoms with Crippen LogP contribution in [-0.2, 0) is 0 Å². The van der Waals surface area contributed by atoms with Gasteiger partial charge in [0.05, 0.1) is 54.5 Å². The van der Waals surface area contributed by atoms with Crippen LogP contribution in [0, 0.1) is 20.2 Å². The third-order valence-corrected chi connectivity index (χ3v) is 5.49. The maximum absolute atomic E-state index is 11.8. The van der Waals surface area contributed by atoms with Crippen LogP contribution >= 0.6 is 0 Å². The largest absolute Gasteiger partial charge is 0.493 e. The van der Waals surface area contributed by atoms with E-state index in [1.807, 2.05) is 13.8 Å². The van der Waals surface area contributed by atoms with Crippen molar-refractivity contribution < 1.29 is 28.8 Å². The molecule has 0 heterocycles. The van der Waals surface area contributed by atoms with E-state index in [0.29, 0.717) is 47.3 Å². The van der Waals surface area contributed by atoms with Crippen LogP contribution in [0.3, 0.4) is 0 Å². The third kappa shape index (κ3) is 6.28. The van der Waals surface area contributed by atoms with Crippen molar-refractivity contribution in [3.63, 3.8) is 0 Å². The van der Waals surface area contributed by atoms with Gasteiger partial charge in [-0.3, -0.25) is 20.2 Å². The van der Waals surface area contributed by atoms with Crippen LogP contribution in [0.5, 0.6) is 23.0 Å². The first-order valence-electron chi connectivity index (χ1n) is 11.8. The molecule has 0 aliphatic heterocycles. The van der Waals surface area contributed by atoms with Crippen molar-refractivity contribution in [2.24, 2.45) is 0 Å². The molecule has 0 saturated carbocycles. The number of benzene rings is 3. The second kappa shape index (κ2) is 12.9. The summed E-state index contributed by atoms with van der Waals surface area (Å²) in [6.45, 7) is 4.45. The summed E-state index contributed by atoms with van der Waals surface area (Å²) in [6.07, 6.45) is 6.33. The Morgan fingerprint density at radius 2 is 1.05 bits per heavy atom. The molecule has 0 radical (unpaired) electrons. The summed E-state index contributed by atoms with van der Waals surface area (Å²) in [6, 6.07) is 12.9. The van der Waals surface area contributed by atoms with Gasteiger partial charge in [-0.2, -0.15) is 0 Å². The lowest BCUT2D eigenvalue weighted by molar-refractivity contribution is -0.394. The van der Waals surface area contributed by atoms with Gasteiger partial charge in [0.1, 0.15) is 0 Å². The predicted octanol–water partition coefficient (Wildman–Crippen LogP) is 6.66. The van der Waals surface area contributed by atoms with Crippen LogP contribution < -0.4 is 18.9 Å². The van der Waals surface area contributed by atoms with Crippen molar-refractivity contribution in [3.05, 3.63) is 91.0 Å². The molecule has 0 aliphatic rings. The van der Waals surface area contributed by atoms with Crippen molar-refractivity contribution in [1.82, 2.24) is 0 Å². The summed E-state index contributed by atoms with van der Waals surface area (Å²) < 4.78 is 22.1. The van der Waals surface area contributed by atoms with Gasteiger partial charge in [0.25, 0.3) is 11.4 Å². The van der Waals surface area contributed by atoms with Gasteiger partial charge in [-0.25, -0.2) is 0 Å². The summed E-state index contributed by atoms with van der Waals surface area (Å²) in [4.78, 5) is 22.3. The zero-order valence-electron chi connectivity index (χ0n) is 21.5. The monoisotopic (exact) mass is 520 g/mol. The highest BCUT2D eigenvalue weighted by Crippen LogP contribution is 2.36. The molecule has 0 atom stereocenters. The Kier molecular flexibility index (Phi) is 9.42. The first-order valence-corrected chi connectivity index (χ1v) is 11.8. The average Bonchev–Trinajstić information content (AvgIpc) is 2.91. The van der Waals surface area contributed by atoms with Crippen molar-refractivity contribution in [2.75, 3.05) is 27.4 Å². The van der Waals surface area contributed by atoms with E-state index >= 15 is 0 Å². The normalized spacial score (nSPS) is 11.1. The molecular weight excluding hydrogens is 492 g/mol. The molecule has 0 amide bonds. The minimum absolute atomic E-state index is 0.182. The Bertz CT molecular complexity index is 1280. The lowest BCUT2D eigenvalue weighted by Gasteiger charge is -2.12. The molecule has 0 N–H and O–H groups in total. The number of rotatable bonds is 12. The standard InChI is InChI=1S/C28H28N2O8/c1-5-37-27-19(9-7-11-25(27)35-3)13-15-21-17-22(24(30(33)34)18-23(21)29(31)32)16-14-20-10-8-12-26(36-4)28(20)38-6-2/h7-18H,5-6H2,1-4H3/b15-13-,16-14+. The quantitative estimate of drug-likeness (QED) is 0.148. The number of hydrogen-bond acceptors (Lipinski definition) is 8. The van der Waals surface area contributed by atoms with E-state index in [4.69, 9.17) is 18.9 Å². The summed E-state index contributed by atoms with van der Waals surface area (Å²) in [5, 5.41) is 23.6. The highest BCUT2D eigenvalue weighted by molar-refractivity contribution is 5.83. The molecular formula is C28H28N2O8. The van der Waals surface area contributed by atoms with Crippen LogP contribution in [0.1, 0.15) is 36.1 Å². The molecule has 0 spiro atoms. The number of methoxy groups -OCH3 is 2. The fourth-order valence-electron chi connectivity index (χ4n) is 3.80. The van der Waals surface area contributed by atoms with Gasteiger partial charge in [0.15, 0.2) is 23.0 Å². The first kappa shape index (κ1) is 27.7. The van der Waals surface area contributed by atoms with Crippen molar-refractivity contribution in [2.45, 2.75) is 13.8 Å². The van der Waals surface area contributed by atoms with E-state index in [1.165, 1.54) is 32.4 Å². The van der Waals surface area contributed by atoms with Gasteiger partial charge >= 0.3 is 0 Å². The minimum atomic E-state index is -0.648. The lowest BCUT2D eigenvalue weighted by atomic mass is 10.0. The molecule has 0 aromatic heterocycles. The Labute approximate surface area is 220 Å². The van der Waals surface area contributed by atoms with Gasteiger partial charge < -0.3 is 18.9 Å². The van der Waals surface area contributed by atoms with Crippen LogP contribution in [0.4, 0.5) is 11.4 Å². The van der Waals surface area contributed by atoms with Gasteiger partial charge in [-0.1, -0.05) is 36.4 Å². The van der Waals surface area contributed by atoms with Crippen molar-refractivity contribution >= 4 is 35.7 Å². The molecule has 10 heteroatoms. The Morgan fingerprint density at radius 3 is 1.39 bits per heavy atom. The molecule has 38 heavy (non-hydrogen) atoms. The summed E-state index contributed by atoms with van der Waals surface area (Å²) >= 11 is 0. The number of nitro benzene ring substituents is 2. The van der Waals surface area contributed by atoms with E-state index in [9.17, 15) is 20.2 Å². The molecule has 0 unspecified atom stereocenters. The smallest absolute Gasteiger partial charge is 0.283 e. The van der Waals surface area contributed by atoms with Crippen molar-refractivity contribution in [1.29, 1.82) is 0 Å². The predicted molar refractivity (Wildman–Crippen MR) is 146 cm³/mol. The van der Waals surface area contributed by atoms with Gasteiger partial charge in [-0.05, 0) is 44.2 Å². The van der Waals surface area contributed by atoms with Gasteiger partial charge in [-0.15, -0.1) is 0 Å². The number of hydrogen-bond donors (Lipinski definition) is 0. The highest BCUT2D eigenvalue weighted by Gasteiger charge is 2.22. The molecule has 0 aliphatic carbocycles. The fraction of sp³-hybridized carbons (Fsp3) is 0.214. The second-order valence-corrected chi connectivity index (χ2v) is 7.77. The molecule has 198 valence electrons. The number of nitrogens with zero attached hydrogens (tertiary/aromatic N) is 2. The van der Waals surface area contributed by atoms with E-state index in [-0.39, 0.29) is 11.1 Å². The first-order chi connectivity index (χ1) is 18.3. The number of ether oxygens (including phenoxy) is 4. The zero-order chi connectivity index (χ0) is 27.7. The van der Waals surface area contributed by atoms with Gasteiger partial charge in [0.2, 0.25) is 0 Å². The fourth-order valence-corrected chi connectivity index (χ4v) is 3.80. The van der Waals surface area contributed by atoms with E-state index in [2.05, 4.69) is 0 Å². The van der Waals surface area contributed by atoms with Crippen LogP contribution in [0.15, 0.2) is 48.5 Å². The lowest BCUT2D eigenvalue weighted by Crippen LogP contribution is -1.99. The van der Waals surface area contributed by atoms with Crippen LogP contribution in [0.25, 0.3) is 24.3 Å². The van der Waals surface area contributed by atoms with Crippen LogP contribution in [0.2, 0.25) is 0 Å². The van der Waals surface area contributed by atoms with Gasteiger partial charge in [0, 0.05) is 11.1 Å². The Hall–Kier alpha value is -4.86. The maximum Gasteiger partial charge on any atom is 0.283 e. The number of para-hydroxylation sites is 2. The molecule has 10 nitrogen and oxygen atoms in total. The Balaban J connectivity index is 2.14. The SMILES string of the molecule is CCOc1c(/C=C\c2cc(/C=C/c3cccc(OC)c3OCC)c([N+](=O)[O-])cc2[N+](=O)[O-])cccc1OC. The summed E-state index contributed by atoms with van der Waals surface area (Å²) in [5.41, 5.74) is 0.828. The van der Waals surface area contributed by atoms with E-state index in [0.717, 1.165) is 6.07 Å². The van der Waals surface area contributed by atoms with E-state index in [1.54, 1.807) is 48.6 Å². The molecule has 3 aromatic carbocycles. The molecule has 0 fully saturated rings. The van der Waals surface area contributed by atoms with Crippen molar-refractivity contribution in [3.8, 4) is 23.0 Å². The topological polar surface area (TPSA) is 123 Å². The molecule has 0 bridgehead atoms. The van der Waals surface area contributed by atoms with E-state index < -0.39 is 21.2 Å². The van der Waals surface area contributed by atoms with Crippen LogP contribution in [-0.4, -0.2) is 37.3 Å². The number of nitro groups is 2. The zero-order valence-corrected chi connectivity index (χ0v) is 21.5. The molecule has 3 rings (SSSR count). The minimum Gasteiger partial charge on any atom is -0.493 e. The highest BCUT2D eigenvalue weighted by atomic mass is 16.6.